The second-order valence-electron chi connectivity index (χ2n) is 6.72. The third-order valence-corrected chi connectivity index (χ3v) is 5.41. The quantitative estimate of drug-likeness (QED) is 0.153. The first kappa shape index (κ1) is 24.0. The van der Waals surface area contributed by atoms with Crippen molar-refractivity contribution < 1.29 is 48.3 Å². The summed E-state index contributed by atoms with van der Waals surface area (Å²) in [7, 11) is 0. The van der Waals surface area contributed by atoms with Gasteiger partial charge in [-0.3, -0.25) is 0 Å². The maximum Gasteiger partial charge on any atom is 0.384 e. The predicted octanol–water partition coefficient (Wildman–Crippen LogP) is 7.05. The summed E-state index contributed by atoms with van der Waals surface area (Å²) in [5.41, 5.74) is -5.88. The zero-order valence-corrected chi connectivity index (χ0v) is 15.7. The van der Waals surface area contributed by atoms with Gasteiger partial charge in [0.15, 0.2) is 0 Å². The molecule has 0 aromatic heterocycles. The topological polar surface area (TPSA) is 0 Å². The van der Waals surface area contributed by atoms with Crippen molar-refractivity contribution in [1.82, 2.24) is 0 Å². The third kappa shape index (κ3) is 2.90. The van der Waals surface area contributed by atoms with Crippen LogP contribution in [0.3, 0.4) is 0 Å². The summed E-state index contributed by atoms with van der Waals surface area (Å²) in [5.74, 6) is -34.6. The van der Waals surface area contributed by atoms with Crippen molar-refractivity contribution in [3.05, 3.63) is 0 Å². The van der Waals surface area contributed by atoms with Gasteiger partial charge in [-0.2, -0.15) is 43.9 Å². The lowest BCUT2D eigenvalue weighted by Crippen LogP contribution is -2.84. The summed E-state index contributed by atoms with van der Waals surface area (Å²) in [6.45, 7) is 2.65. The van der Waals surface area contributed by atoms with Crippen molar-refractivity contribution in [2.45, 2.75) is 84.7 Å². The Morgan fingerprint density at radius 2 is 1.00 bits per heavy atom. The van der Waals surface area contributed by atoms with Crippen LogP contribution in [0.2, 0.25) is 0 Å². The molecule has 0 radical (unpaired) electrons. The van der Waals surface area contributed by atoms with Gasteiger partial charge in [-0.1, -0.05) is 55.7 Å². The Balaban J connectivity index is 3.51. The molecule has 0 aliphatic heterocycles. The van der Waals surface area contributed by atoms with Crippen LogP contribution >= 0.6 is 22.6 Å². The summed E-state index contributed by atoms with van der Waals surface area (Å²) < 4.78 is 148. The normalized spacial score (nSPS) is 29.8. The van der Waals surface area contributed by atoms with Crippen LogP contribution < -0.4 is 0 Å². The van der Waals surface area contributed by atoms with Gasteiger partial charge in [0, 0.05) is 9.84 Å². The monoisotopic (exact) mass is 520 g/mol. The highest BCUT2D eigenvalue weighted by Crippen LogP contribution is 2.71. The molecule has 0 aromatic carbocycles. The average Bonchev–Trinajstić information content (AvgIpc) is 2.44. The minimum absolute atomic E-state index is 0.187. The van der Waals surface area contributed by atoms with Crippen molar-refractivity contribution >= 4 is 22.6 Å². The zero-order valence-electron chi connectivity index (χ0n) is 13.6. The fraction of sp³-hybridized carbons (Fsp3) is 1.00. The highest BCUT2D eigenvalue weighted by atomic mass is 127. The molecule has 26 heavy (non-hydrogen) atoms. The van der Waals surface area contributed by atoms with Gasteiger partial charge >= 0.3 is 29.6 Å². The van der Waals surface area contributed by atoms with Gasteiger partial charge in [0.25, 0.3) is 5.67 Å². The first-order valence-corrected chi connectivity index (χ1v) is 8.61. The minimum Gasteiger partial charge on any atom is -0.230 e. The predicted molar refractivity (Wildman–Crippen MR) is 79.8 cm³/mol. The molecule has 1 rings (SSSR count). The molecule has 0 heterocycles. The first-order valence-electron chi connectivity index (χ1n) is 7.54. The van der Waals surface area contributed by atoms with E-state index >= 15 is 0 Å². The number of rotatable bonds is 6. The van der Waals surface area contributed by atoms with E-state index in [1.165, 1.54) is 22.6 Å². The number of alkyl halides is 12. The van der Waals surface area contributed by atoms with Crippen LogP contribution in [0.5, 0.6) is 0 Å². The number of unbranched alkanes of at least 4 members (excludes halogenated alkanes) is 2. The molecule has 1 fully saturated rings. The first-order chi connectivity index (χ1) is 11.3. The van der Waals surface area contributed by atoms with Gasteiger partial charge in [0.05, 0.1) is 0 Å². The van der Waals surface area contributed by atoms with Gasteiger partial charge in [0.2, 0.25) is 0 Å². The Kier molecular flexibility index (Phi) is 6.00. The second kappa shape index (κ2) is 6.50. The molecule has 0 nitrogen and oxygen atoms in total. The minimum atomic E-state index is -7.15. The van der Waals surface area contributed by atoms with Crippen molar-refractivity contribution in [2.24, 2.45) is 0 Å². The van der Waals surface area contributed by atoms with Gasteiger partial charge in [-0.25, -0.2) is 4.39 Å². The van der Waals surface area contributed by atoms with Gasteiger partial charge < -0.3 is 0 Å². The summed E-state index contributed by atoms with van der Waals surface area (Å²) in [6.07, 6.45) is -1.18. The van der Waals surface area contributed by atoms with Crippen LogP contribution in [0.4, 0.5) is 48.3 Å². The third-order valence-electron chi connectivity index (χ3n) is 4.49. The van der Waals surface area contributed by atoms with Gasteiger partial charge in [-0.15, -0.1) is 0 Å². The highest BCUT2D eigenvalue weighted by molar-refractivity contribution is 14.1. The highest BCUT2D eigenvalue weighted by Gasteiger charge is 3.00. The number of hydrogen-bond acceptors (Lipinski definition) is 0. The van der Waals surface area contributed by atoms with Crippen LogP contribution in [-0.2, 0) is 0 Å². The van der Waals surface area contributed by atoms with Crippen LogP contribution in [0, 0.1) is 0 Å². The molecule has 1 saturated carbocycles. The fourth-order valence-corrected chi connectivity index (χ4v) is 3.76. The molecular weight excluding hydrogens is 504 g/mol. The lowest BCUT2D eigenvalue weighted by atomic mass is 9.68. The Bertz CT molecular complexity index is 497. The number of hydrogen-bond donors (Lipinski definition) is 0. The van der Waals surface area contributed by atoms with E-state index < -0.39 is 45.1 Å². The van der Waals surface area contributed by atoms with Crippen LogP contribution in [0.1, 0.15) is 46.0 Å². The largest absolute Gasteiger partial charge is 0.384 e. The molecule has 156 valence electrons. The van der Waals surface area contributed by atoms with Crippen molar-refractivity contribution in [3.63, 3.8) is 0 Å². The van der Waals surface area contributed by atoms with Gasteiger partial charge in [-0.05, 0) is 6.42 Å². The molecule has 0 spiro atoms. The molecule has 0 amide bonds. The van der Waals surface area contributed by atoms with E-state index in [9.17, 15) is 48.3 Å². The van der Waals surface area contributed by atoms with E-state index in [2.05, 4.69) is 0 Å². The van der Waals surface area contributed by atoms with E-state index in [0.717, 1.165) is 6.92 Å². The van der Waals surface area contributed by atoms with E-state index in [-0.39, 0.29) is 12.8 Å². The zero-order chi connectivity index (χ0) is 21.0. The average molecular weight is 520 g/mol. The molecule has 1 aliphatic carbocycles. The van der Waals surface area contributed by atoms with Gasteiger partial charge in [0.1, 0.15) is 0 Å². The molecule has 0 bridgehead atoms. The second-order valence-corrected chi connectivity index (χ2v) is 9.32. The van der Waals surface area contributed by atoms with Crippen molar-refractivity contribution in [3.8, 4) is 0 Å². The molecule has 1 atom stereocenters. The standard InChI is InChI=1S/C14H16F11I/c1-3-4-5-6-8(2,26)7-9(15)10(16,17)12(20,21)14(24,25)13(22,23)11(9,18)19/h3-7H2,1-2H3. The molecule has 0 saturated heterocycles. The Labute approximate surface area is 156 Å². The summed E-state index contributed by atoms with van der Waals surface area (Å²) >= 11 is 1.21. The lowest BCUT2D eigenvalue weighted by molar-refractivity contribution is -0.486. The van der Waals surface area contributed by atoms with Crippen LogP contribution in [0.25, 0.3) is 0 Å². The van der Waals surface area contributed by atoms with E-state index in [0.29, 0.717) is 12.8 Å². The summed E-state index contributed by atoms with van der Waals surface area (Å²) in [5, 5.41) is 0. The molecule has 1 unspecified atom stereocenters. The number of halogens is 12. The van der Waals surface area contributed by atoms with Crippen LogP contribution in [0.15, 0.2) is 0 Å². The molecule has 1 aliphatic rings. The maximum absolute atomic E-state index is 14.7. The van der Waals surface area contributed by atoms with Crippen molar-refractivity contribution in [2.75, 3.05) is 0 Å². The maximum atomic E-state index is 14.7. The van der Waals surface area contributed by atoms with E-state index in [1.54, 1.807) is 6.92 Å². The summed E-state index contributed by atoms with van der Waals surface area (Å²) in [6, 6.07) is 0. The van der Waals surface area contributed by atoms with E-state index in [4.69, 9.17) is 0 Å². The smallest absolute Gasteiger partial charge is 0.230 e. The molecule has 0 N–H and O–H groups in total. The SMILES string of the molecule is CCCCCC(C)(I)CC1(F)C(F)(F)C(F)(F)C(F)(F)C(F)(F)C1(F)F. The van der Waals surface area contributed by atoms with Crippen LogP contribution in [-0.4, -0.2) is 38.7 Å². The van der Waals surface area contributed by atoms with Crippen molar-refractivity contribution in [1.29, 1.82) is 0 Å². The Hall–Kier alpha value is -0.0400. The van der Waals surface area contributed by atoms with E-state index in [1.807, 2.05) is 0 Å². The Morgan fingerprint density at radius 1 is 0.654 bits per heavy atom. The lowest BCUT2D eigenvalue weighted by Gasteiger charge is -2.53. The molecular formula is C14H16F11I. The molecule has 0 aromatic rings. The Morgan fingerprint density at radius 3 is 1.35 bits per heavy atom. The molecule has 12 heteroatoms. The summed E-state index contributed by atoms with van der Waals surface area (Å²) in [4.78, 5) is 0. The fourth-order valence-electron chi connectivity index (χ4n) is 2.85.